The van der Waals surface area contributed by atoms with E-state index in [0.717, 1.165) is 12.3 Å². The molecule has 1 saturated carbocycles. The first-order valence-electron chi connectivity index (χ1n) is 6.14. The van der Waals surface area contributed by atoms with E-state index in [9.17, 15) is 4.79 Å². The Morgan fingerprint density at radius 3 is 2.25 bits per heavy atom. The third-order valence-electron chi connectivity index (χ3n) is 4.28. The van der Waals surface area contributed by atoms with Gasteiger partial charge in [0.1, 0.15) is 0 Å². The van der Waals surface area contributed by atoms with Gasteiger partial charge in [-0.05, 0) is 31.6 Å². The Morgan fingerprint density at radius 2 is 1.94 bits per heavy atom. The molecule has 1 aliphatic rings. The SMILES string of the molecule is COC(=O)CC(C)(CC1CCC1)C(C)(C)N. The molecule has 1 aliphatic carbocycles. The summed E-state index contributed by atoms with van der Waals surface area (Å²) in [7, 11) is 1.44. The van der Waals surface area contributed by atoms with Crippen molar-refractivity contribution in [2.45, 2.75) is 58.4 Å². The van der Waals surface area contributed by atoms with Gasteiger partial charge in [0.05, 0.1) is 13.5 Å². The van der Waals surface area contributed by atoms with Crippen molar-refractivity contribution in [3.63, 3.8) is 0 Å². The zero-order valence-corrected chi connectivity index (χ0v) is 11.0. The molecule has 0 radical (unpaired) electrons. The van der Waals surface area contributed by atoms with E-state index in [1.54, 1.807) is 0 Å². The second-order valence-electron chi connectivity index (χ2n) is 6.04. The van der Waals surface area contributed by atoms with Gasteiger partial charge >= 0.3 is 5.97 Å². The fraction of sp³-hybridized carbons (Fsp3) is 0.923. The van der Waals surface area contributed by atoms with Crippen molar-refractivity contribution in [3.05, 3.63) is 0 Å². The third kappa shape index (κ3) is 2.97. The van der Waals surface area contributed by atoms with Gasteiger partial charge in [-0.15, -0.1) is 0 Å². The lowest BCUT2D eigenvalue weighted by Gasteiger charge is -2.45. The van der Waals surface area contributed by atoms with Crippen LogP contribution in [-0.4, -0.2) is 18.6 Å². The van der Waals surface area contributed by atoms with Gasteiger partial charge in [-0.2, -0.15) is 0 Å². The quantitative estimate of drug-likeness (QED) is 0.734. The highest BCUT2D eigenvalue weighted by Gasteiger charge is 2.42. The Kier molecular flexibility index (Phi) is 4.00. The molecule has 0 amide bonds. The number of methoxy groups -OCH3 is 1. The van der Waals surface area contributed by atoms with Crippen LogP contribution in [0.5, 0.6) is 0 Å². The van der Waals surface area contributed by atoms with Crippen LogP contribution in [0.25, 0.3) is 0 Å². The maximum absolute atomic E-state index is 11.5. The van der Waals surface area contributed by atoms with E-state index in [4.69, 9.17) is 10.5 Å². The average molecular weight is 227 g/mol. The molecule has 3 heteroatoms. The predicted molar refractivity (Wildman–Crippen MR) is 65.0 cm³/mol. The molecule has 94 valence electrons. The molecule has 0 aromatic heterocycles. The smallest absolute Gasteiger partial charge is 0.306 e. The van der Waals surface area contributed by atoms with Crippen molar-refractivity contribution in [3.8, 4) is 0 Å². The first-order chi connectivity index (χ1) is 7.28. The normalized spacial score (nSPS) is 21.1. The number of hydrogen-bond donors (Lipinski definition) is 1. The van der Waals surface area contributed by atoms with E-state index in [1.165, 1.54) is 26.4 Å². The van der Waals surface area contributed by atoms with Crippen molar-refractivity contribution in [1.29, 1.82) is 0 Å². The summed E-state index contributed by atoms with van der Waals surface area (Å²) in [5.41, 5.74) is 5.72. The van der Waals surface area contributed by atoms with Crippen LogP contribution in [0.15, 0.2) is 0 Å². The zero-order valence-electron chi connectivity index (χ0n) is 11.0. The van der Waals surface area contributed by atoms with Gasteiger partial charge in [-0.1, -0.05) is 26.2 Å². The molecular weight excluding hydrogens is 202 g/mol. The van der Waals surface area contributed by atoms with Gasteiger partial charge in [0.25, 0.3) is 0 Å². The van der Waals surface area contributed by atoms with Crippen molar-refractivity contribution in [2.24, 2.45) is 17.1 Å². The number of carbonyl (C=O) groups excluding carboxylic acids is 1. The summed E-state index contributed by atoms with van der Waals surface area (Å²) in [6.45, 7) is 6.13. The predicted octanol–water partition coefficient (Wildman–Crippen LogP) is 2.48. The first-order valence-corrected chi connectivity index (χ1v) is 6.14. The molecule has 0 aromatic rings. The van der Waals surface area contributed by atoms with Crippen molar-refractivity contribution in [2.75, 3.05) is 7.11 Å². The first kappa shape index (κ1) is 13.5. The zero-order chi connectivity index (χ0) is 12.4. The van der Waals surface area contributed by atoms with Crippen LogP contribution >= 0.6 is 0 Å². The van der Waals surface area contributed by atoms with Gasteiger partial charge in [0.15, 0.2) is 0 Å². The summed E-state index contributed by atoms with van der Waals surface area (Å²) < 4.78 is 4.78. The minimum Gasteiger partial charge on any atom is -0.469 e. The summed E-state index contributed by atoms with van der Waals surface area (Å²) in [5.74, 6) is 0.595. The molecule has 2 N–H and O–H groups in total. The summed E-state index contributed by atoms with van der Waals surface area (Å²) in [5, 5.41) is 0. The van der Waals surface area contributed by atoms with E-state index < -0.39 is 0 Å². The van der Waals surface area contributed by atoms with Crippen LogP contribution in [0.2, 0.25) is 0 Å². The van der Waals surface area contributed by atoms with Crippen molar-refractivity contribution >= 4 is 5.97 Å². The highest BCUT2D eigenvalue weighted by molar-refractivity contribution is 5.70. The minimum atomic E-state index is -0.350. The van der Waals surface area contributed by atoms with Crippen LogP contribution in [0.4, 0.5) is 0 Å². The highest BCUT2D eigenvalue weighted by atomic mass is 16.5. The lowest BCUT2D eigenvalue weighted by Crippen LogP contribution is -2.51. The topological polar surface area (TPSA) is 52.3 Å². The largest absolute Gasteiger partial charge is 0.469 e. The minimum absolute atomic E-state index is 0.152. The van der Waals surface area contributed by atoms with Crippen molar-refractivity contribution < 1.29 is 9.53 Å². The summed E-state index contributed by atoms with van der Waals surface area (Å²) >= 11 is 0. The molecule has 1 atom stereocenters. The Hall–Kier alpha value is -0.570. The Bertz CT molecular complexity index is 253. The molecule has 0 bridgehead atoms. The molecule has 1 fully saturated rings. The number of hydrogen-bond acceptors (Lipinski definition) is 3. The van der Waals surface area contributed by atoms with Gasteiger partial charge in [-0.3, -0.25) is 4.79 Å². The summed E-state index contributed by atoms with van der Waals surface area (Å²) in [4.78, 5) is 11.5. The Labute approximate surface area is 98.7 Å². The molecule has 1 rings (SSSR count). The molecule has 0 heterocycles. The van der Waals surface area contributed by atoms with Gasteiger partial charge in [0.2, 0.25) is 0 Å². The van der Waals surface area contributed by atoms with Crippen LogP contribution in [0, 0.1) is 11.3 Å². The number of rotatable bonds is 5. The monoisotopic (exact) mass is 227 g/mol. The second-order valence-corrected chi connectivity index (χ2v) is 6.04. The van der Waals surface area contributed by atoms with Crippen LogP contribution < -0.4 is 5.73 Å². The van der Waals surface area contributed by atoms with E-state index in [0.29, 0.717) is 6.42 Å². The van der Waals surface area contributed by atoms with E-state index >= 15 is 0 Å². The molecule has 1 unspecified atom stereocenters. The highest BCUT2D eigenvalue weighted by Crippen LogP contribution is 2.44. The summed E-state index contributed by atoms with van der Waals surface area (Å²) in [6, 6.07) is 0. The third-order valence-corrected chi connectivity index (χ3v) is 4.28. The fourth-order valence-corrected chi connectivity index (χ4v) is 2.29. The van der Waals surface area contributed by atoms with Gasteiger partial charge in [-0.25, -0.2) is 0 Å². The lowest BCUT2D eigenvalue weighted by atomic mass is 9.63. The molecule has 0 aliphatic heterocycles. The maximum Gasteiger partial charge on any atom is 0.306 e. The lowest BCUT2D eigenvalue weighted by molar-refractivity contribution is -0.144. The molecule has 0 saturated heterocycles. The van der Waals surface area contributed by atoms with Crippen LogP contribution in [0.1, 0.15) is 52.9 Å². The number of carbonyl (C=O) groups is 1. The standard InChI is InChI=1S/C13H25NO2/c1-12(2,14)13(3,9-11(15)16-4)8-10-6-5-7-10/h10H,5-9,14H2,1-4H3. The number of ether oxygens (including phenoxy) is 1. The maximum atomic E-state index is 11.5. The second kappa shape index (κ2) is 4.74. The van der Waals surface area contributed by atoms with Crippen LogP contribution in [0.3, 0.4) is 0 Å². The fourth-order valence-electron chi connectivity index (χ4n) is 2.29. The molecular formula is C13H25NO2. The summed E-state index contributed by atoms with van der Waals surface area (Å²) in [6.07, 6.45) is 5.35. The molecule has 0 aromatic carbocycles. The average Bonchev–Trinajstić information content (AvgIpc) is 2.09. The van der Waals surface area contributed by atoms with Gasteiger partial charge in [0, 0.05) is 5.54 Å². The molecule has 16 heavy (non-hydrogen) atoms. The molecule has 0 spiro atoms. The number of nitrogens with two attached hydrogens (primary N) is 1. The van der Waals surface area contributed by atoms with E-state index in [-0.39, 0.29) is 16.9 Å². The van der Waals surface area contributed by atoms with E-state index in [1.807, 2.05) is 13.8 Å². The number of esters is 1. The van der Waals surface area contributed by atoms with Crippen molar-refractivity contribution in [1.82, 2.24) is 0 Å². The Balaban J connectivity index is 2.70. The van der Waals surface area contributed by atoms with Gasteiger partial charge < -0.3 is 10.5 Å². The van der Waals surface area contributed by atoms with Crippen LogP contribution in [-0.2, 0) is 9.53 Å². The molecule has 3 nitrogen and oxygen atoms in total. The van der Waals surface area contributed by atoms with E-state index in [2.05, 4.69) is 6.92 Å². The Morgan fingerprint density at radius 1 is 1.38 bits per heavy atom.